The van der Waals surface area contributed by atoms with Crippen molar-refractivity contribution < 1.29 is 4.79 Å². The topological polar surface area (TPSA) is 41.1 Å². The van der Waals surface area contributed by atoms with Crippen molar-refractivity contribution in [3.63, 3.8) is 0 Å². The van der Waals surface area contributed by atoms with Crippen molar-refractivity contribution in [2.45, 2.75) is 39.5 Å². The van der Waals surface area contributed by atoms with Gasteiger partial charge in [0.05, 0.1) is 6.42 Å². The second-order valence-corrected chi connectivity index (χ2v) is 6.59. The van der Waals surface area contributed by atoms with Crippen molar-refractivity contribution in [3.8, 4) is 0 Å². The number of halogens is 1. The van der Waals surface area contributed by atoms with Gasteiger partial charge in [-0.15, -0.1) is 12.4 Å². The lowest BCUT2D eigenvalue weighted by molar-refractivity contribution is -0.120. The number of benzene rings is 1. The van der Waals surface area contributed by atoms with Crippen molar-refractivity contribution >= 4 is 18.3 Å². The van der Waals surface area contributed by atoms with Gasteiger partial charge >= 0.3 is 0 Å². The fourth-order valence-electron chi connectivity index (χ4n) is 2.89. The Morgan fingerprint density at radius 1 is 1.27 bits per heavy atom. The molecule has 1 fully saturated rings. The van der Waals surface area contributed by atoms with E-state index in [1.807, 2.05) is 0 Å². The van der Waals surface area contributed by atoms with Crippen LogP contribution in [0.1, 0.15) is 37.8 Å². The number of nitrogens with one attached hydrogen (secondary N) is 2. The Labute approximate surface area is 140 Å². The van der Waals surface area contributed by atoms with Gasteiger partial charge in [-0.1, -0.05) is 38.1 Å². The largest absolute Gasteiger partial charge is 0.356 e. The zero-order valence-corrected chi connectivity index (χ0v) is 14.5. The number of carbonyl (C=O) groups excluding carboxylic acids is 1. The molecule has 0 bridgehead atoms. The molecule has 22 heavy (non-hydrogen) atoms. The predicted molar refractivity (Wildman–Crippen MR) is 94.5 cm³/mol. The fraction of sp³-hybridized carbons (Fsp3) is 0.611. The van der Waals surface area contributed by atoms with Crippen LogP contribution >= 0.6 is 12.4 Å². The maximum atomic E-state index is 11.9. The molecule has 2 N–H and O–H groups in total. The van der Waals surface area contributed by atoms with Crippen LogP contribution in [0.4, 0.5) is 0 Å². The molecule has 0 radical (unpaired) electrons. The fourth-order valence-corrected chi connectivity index (χ4v) is 2.89. The Bertz CT molecular complexity index is 439. The highest BCUT2D eigenvalue weighted by Crippen LogP contribution is 2.12. The van der Waals surface area contributed by atoms with Crippen molar-refractivity contribution in [2.75, 3.05) is 19.6 Å². The van der Waals surface area contributed by atoms with Gasteiger partial charge in [0.2, 0.25) is 5.91 Å². The van der Waals surface area contributed by atoms with Crippen LogP contribution in [0.5, 0.6) is 0 Å². The predicted octanol–water partition coefficient (Wildman–Crippen LogP) is 2.97. The zero-order chi connectivity index (χ0) is 15.1. The van der Waals surface area contributed by atoms with Gasteiger partial charge in [-0.2, -0.15) is 0 Å². The third-order valence-electron chi connectivity index (χ3n) is 4.07. The quantitative estimate of drug-likeness (QED) is 0.809. The minimum absolute atomic E-state index is 0. The van der Waals surface area contributed by atoms with Crippen LogP contribution in [0.25, 0.3) is 0 Å². The van der Waals surface area contributed by atoms with Gasteiger partial charge in [0.1, 0.15) is 0 Å². The molecule has 124 valence electrons. The third kappa shape index (κ3) is 6.80. The highest BCUT2D eigenvalue weighted by molar-refractivity contribution is 5.85. The van der Waals surface area contributed by atoms with Crippen molar-refractivity contribution in [2.24, 2.45) is 11.8 Å². The van der Waals surface area contributed by atoms with Gasteiger partial charge in [-0.25, -0.2) is 0 Å². The van der Waals surface area contributed by atoms with Crippen LogP contribution in [0.15, 0.2) is 24.3 Å². The summed E-state index contributed by atoms with van der Waals surface area (Å²) in [6, 6.07) is 8.45. The first-order valence-corrected chi connectivity index (χ1v) is 8.18. The molecule has 0 aromatic heterocycles. The average Bonchev–Trinajstić information content (AvgIpc) is 2.93. The summed E-state index contributed by atoms with van der Waals surface area (Å²) < 4.78 is 0. The Morgan fingerprint density at radius 2 is 1.95 bits per heavy atom. The average molecular weight is 325 g/mol. The van der Waals surface area contributed by atoms with Crippen LogP contribution in [0, 0.1) is 11.8 Å². The number of rotatable bonds is 7. The molecule has 1 aliphatic rings. The molecule has 1 aromatic carbocycles. The maximum absolute atomic E-state index is 11.9. The monoisotopic (exact) mass is 324 g/mol. The molecule has 4 heteroatoms. The van der Waals surface area contributed by atoms with Gasteiger partial charge in [-0.05, 0) is 55.3 Å². The van der Waals surface area contributed by atoms with E-state index in [9.17, 15) is 4.79 Å². The smallest absolute Gasteiger partial charge is 0.224 e. The molecule has 1 aromatic rings. The molecular weight excluding hydrogens is 296 g/mol. The van der Waals surface area contributed by atoms with E-state index in [4.69, 9.17) is 0 Å². The van der Waals surface area contributed by atoms with E-state index in [0.29, 0.717) is 12.3 Å². The van der Waals surface area contributed by atoms with Gasteiger partial charge in [-0.3, -0.25) is 4.79 Å². The zero-order valence-electron chi connectivity index (χ0n) is 13.7. The van der Waals surface area contributed by atoms with E-state index in [1.165, 1.54) is 12.0 Å². The summed E-state index contributed by atoms with van der Waals surface area (Å²) in [4.78, 5) is 11.9. The molecule has 1 aliphatic heterocycles. The van der Waals surface area contributed by atoms with E-state index in [0.717, 1.165) is 44.0 Å². The number of hydrogen-bond acceptors (Lipinski definition) is 2. The molecule has 1 amide bonds. The van der Waals surface area contributed by atoms with Crippen LogP contribution < -0.4 is 10.6 Å². The molecule has 0 aliphatic carbocycles. The summed E-state index contributed by atoms with van der Waals surface area (Å²) in [6.07, 6.45) is 3.92. The van der Waals surface area contributed by atoms with Crippen LogP contribution in [0.2, 0.25) is 0 Å². The van der Waals surface area contributed by atoms with Crippen LogP contribution in [-0.2, 0) is 17.6 Å². The molecule has 1 unspecified atom stereocenters. The third-order valence-corrected chi connectivity index (χ3v) is 4.07. The molecular formula is C18H29ClN2O. The summed E-state index contributed by atoms with van der Waals surface area (Å²) in [5.41, 5.74) is 2.45. The second kappa shape index (κ2) is 9.86. The number of hydrogen-bond donors (Lipinski definition) is 2. The summed E-state index contributed by atoms with van der Waals surface area (Å²) in [6.45, 7) is 7.48. The summed E-state index contributed by atoms with van der Waals surface area (Å²) in [5.74, 6) is 1.54. The first kappa shape index (κ1) is 19.0. The highest BCUT2D eigenvalue weighted by atomic mass is 35.5. The first-order chi connectivity index (χ1) is 10.1. The Kier molecular flexibility index (Phi) is 8.51. The van der Waals surface area contributed by atoms with Gasteiger partial charge in [0, 0.05) is 6.54 Å². The molecule has 1 atom stereocenters. The molecule has 3 nitrogen and oxygen atoms in total. The second-order valence-electron chi connectivity index (χ2n) is 6.59. The van der Waals surface area contributed by atoms with E-state index in [2.05, 4.69) is 48.7 Å². The molecule has 1 heterocycles. The Hall–Kier alpha value is -1.06. The van der Waals surface area contributed by atoms with E-state index < -0.39 is 0 Å². The van der Waals surface area contributed by atoms with Crippen LogP contribution in [0.3, 0.4) is 0 Å². The lowest BCUT2D eigenvalue weighted by Gasteiger charge is -2.10. The molecule has 0 spiro atoms. The SMILES string of the molecule is CC(C)Cc1ccc(CC(=O)NCCC2CCNC2)cc1.Cl. The lowest BCUT2D eigenvalue weighted by atomic mass is 10.0. The minimum Gasteiger partial charge on any atom is -0.356 e. The maximum Gasteiger partial charge on any atom is 0.224 e. The molecule has 1 saturated heterocycles. The Morgan fingerprint density at radius 3 is 2.55 bits per heavy atom. The summed E-state index contributed by atoms with van der Waals surface area (Å²) in [5, 5.41) is 6.39. The molecule has 2 rings (SSSR count). The van der Waals surface area contributed by atoms with Crippen molar-refractivity contribution in [3.05, 3.63) is 35.4 Å². The standard InChI is InChI=1S/C18H28N2O.ClH/c1-14(2)11-15-3-5-16(6-4-15)12-18(21)20-10-8-17-7-9-19-13-17;/h3-6,14,17,19H,7-13H2,1-2H3,(H,20,21);1H. The normalized spacial score (nSPS) is 17.3. The van der Waals surface area contributed by atoms with Gasteiger partial charge in [0.25, 0.3) is 0 Å². The molecule has 0 saturated carbocycles. The van der Waals surface area contributed by atoms with Crippen molar-refractivity contribution in [1.29, 1.82) is 0 Å². The van der Waals surface area contributed by atoms with Gasteiger partial charge in [0.15, 0.2) is 0 Å². The van der Waals surface area contributed by atoms with Crippen LogP contribution in [-0.4, -0.2) is 25.5 Å². The summed E-state index contributed by atoms with van der Waals surface area (Å²) in [7, 11) is 0. The number of carbonyl (C=O) groups is 1. The van der Waals surface area contributed by atoms with Crippen molar-refractivity contribution in [1.82, 2.24) is 10.6 Å². The lowest BCUT2D eigenvalue weighted by Crippen LogP contribution is -2.27. The highest BCUT2D eigenvalue weighted by Gasteiger charge is 2.14. The van der Waals surface area contributed by atoms with Gasteiger partial charge < -0.3 is 10.6 Å². The number of amides is 1. The van der Waals surface area contributed by atoms with E-state index in [1.54, 1.807) is 0 Å². The van der Waals surface area contributed by atoms with E-state index in [-0.39, 0.29) is 18.3 Å². The minimum atomic E-state index is 0. The Balaban J connectivity index is 0.00000242. The van der Waals surface area contributed by atoms with E-state index >= 15 is 0 Å². The first-order valence-electron chi connectivity index (χ1n) is 8.18. The summed E-state index contributed by atoms with van der Waals surface area (Å²) >= 11 is 0.